The van der Waals surface area contributed by atoms with Crippen LogP contribution in [0.2, 0.25) is 0 Å². The van der Waals surface area contributed by atoms with Crippen molar-refractivity contribution in [3.05, 3.63) is 72.9 Å². The molecule has 0 aromatic heterocycles. The molecule has 2 atom stereocenters. The highest BCUT2D eigenvalue weighted by atomic mass is 31.2. The Bertz CT molecular complexity index is 1210. The number of hydrogen-bond acceptors (Lipinski definition) is 7. The summed E-state index contributed by atoms with van der Waals surface area (Å²) in [7, 11) is -4.81. The summed E-state index contributed by atoms with van der Waals surface area (Å²) in [5, 5.41) is 10.2. The Hall–Kier alpha value is -2.55. The smallest absolute Gasteiger partial charge is 0.462 e. The minimum atomic E-state index is -4.81. The first-order valence-electron chi connectivity index (χ1n) is 23.2. The number of ether oxygens (including phenoxy) is 2. The van der Waals surface area contributed by atoms with Crippen molar-refractivity contribution in [1.82, 2.24) is 0 Å². The molecule has 0 saturated heterocycles. The second kappa shape index (κ2) is 42.2. The van der Waals surface area contributed by atoms with E-state index in [1.165, 1.54) is 96.3 Å². The van der Waals surface area contributed by atoms with Gasteiger partial charge in [-0.05, 0) is 50.9 Å². The van der Waals surface area contributed by atoms with E-state index in [4.69, 9.17) is 19.3 Å². The van der Waals surface area contributed by atoms with Crippen LogP contribution in [0.4, 0.5) is 0 Å². The summed E-state index contributed by atoms with van der Waals surface area (Å²) in [5.41, 5.74) is 0. The zero-order valence-electron chi connectivity index (χ0n) is 37.4. The molecule has 0 fully saturated rings. The molecule has 9 nitrogen and oxygen atoms in total. The predicted molar refractivity (Wildman–Crippen MR) is 245 cm³/mol. The van der Waals surface area contributed by atoms with Gasteiger partial charge >= 0.3 is 19.8 Å². The van der Waals surface area contributed by atoms with E-state index in [0.29, 0.717) is 19.3 Å². The van der Waals surface area contributed by atoms with E-state index in [9.17, 15) is 19.3 Å². The highest BCUT2D eigenvalue weighted by Gasteiger charge is 2.22. The van der Waals surface area contributed by atoms with Crippen molar-refractivity contribution < 1.29 is 43.0 Å². The number of phosphoric ester groups is 1. The lowest BCUT2D eigenvalue weighted by molar-refractivity contribution is -0.161. The van der Waals surface area contributed by atoms with Crippen LogP contribution in [0.1, 0.15) is 194 Å². The molecule has 1 unspecified atom stereocenters. The van der Waals surface area contributed by atoms with E-state index in [2.05, 4.69) is 61.8 Å². The molecule has 0 rings (SSSR count). The van der Waals surface area contributed by atoms with E-state index >= 15 is 0 Å². The number of aliphatic hydroxyl groups excluding tert-OH is 1. The molecule has 0 radical (unpaired) electrons. The molecule has 0 aliphatic rings. The number of unbranched alkanes of at least 4 members (excludes halogenated alkanes) is 17. The SMILES string of the molecule is CC/C=C\C/C=C\C/C=C\C/C=C\C=C/C(O)C/C=C\CCC(=O)O[C@H](COC(=O)CCCCCCCCCCCCCCCCCCCCC(C)C)COP(=O)(O)O. The van der Waals surface area contributed by atoms with Gasteiger partial charge in [-0.3, -0.25) is 14.1 Å². The first-order chi connectivity index (χ1) is 28.5. The van der Waals surface area contributed by atoms with E-state index < -0.39 is 38.6 Å². The van der Waals surface area contributed by atoms with Crippen LogP contribution in [0.5, 0.6) is 0 Å². The Morgan fingerprint density at radius 3 is 1.58 bits per heavy atom. The normalized spacial score (nSPS) is 13.7. The summed E-state index contributed by atoms with van der Waals surface area (Å²) < 4.78 is 26.3. The van der Waals surface area contributed by atoms with Crippen molar-refractivity contribution in [2.24, 2.45) is 5.92 Å². The van der Waals surface area contributed by atoms with Crippen molar-refractivity contribution in [1.29, 1.82) is 0 Å². The summed E-state index contributed by atoms with van der Waals surface area (Å²) in [6.45, 7) is 5.79. The molecule has 0 aliphatic carbocycles. The van der Waals surface area contributed by atoms with E-state index in [1.54, 1.807) is 24.3 Å². The second-order valence-electron chi connectivity index (χ2n) is 16.0. The Balaban J connectivity index is 4.04. The largest absolute Gasteiger partial charge is 0.469 e. The lowest BCUT2D eigenvalue weighted by atomic mass is 10.0. The van der Waals surface area contributed by atoms with Crippen LogP contribution in [0.25, 0.3) is 0 Å². The molecular weight excluding hydrogens is 764 g/mol. The van der Waals surface area contributed by atoms with E-state index in [1.807, 2.05) is 12.2 Å². The molecule has 0 saturated carbocycles. The summed E-state index contributed by atoms with van der Waals surface area (Å²) in [5.74, 6) is -0.222. The van der Waals surface area contributed by atoms with Gasteiger partial charge in [-0.1, -0.05) is 209 Å². The zero-order chi connectivity index (χ0) is 43.5. The maximum absolute atomic E-state index is 12.4. The number of phosphoric acid groups is 1. The van der Waals surface area contributed by atoms with Crippen molar-refractivity contribution in [3.8, 4) is 0 Å². The van der Waals surface area contributed by atoms with Gasteiger partial charge in [-0.15, -0.1) is 0 Å². The van der Waals surface area contributed by atoms with Gasteiger partial charge in [0.15, 0.2) is 6.10 Å². The number of carbonyl (C=O) groups excluding carboxylic acids is 2. The van der Waals surface area contributed by atoms with E-state index in [0.717, 1.165) is 50.9 Å². The quantitative estimate of drug-likeness (QED) is 0.0180. The third-order valence-corrected chi connectivity index (χ3v) is 10.2. The van der Waals surface area contributed by atoms with E-state index in [-0.39, 0.29) is 19.4 Å². The number of carbonyl (C=O) groups is 2. The Morgan fingerprint density at radius 2 is 1.07 bits per heavy atom. The molecule has 0 aromatic carbocycles. The van der Waals surface area contributed by atoms with Crippen LogP contribution in [0, 0.1) is 5.92 Å². The minimum Gasteiger partial charge on any atom is -0.462 e. The standard InChI is InChI=1S/C49H85O9P/c1-4-5-6-7-8-9-10-17-21-24-27-30-34-39-46(50)40-35-32-37-42-49(52)58-47(44-57-59(53,54)55)43-56-48(51)41-36-31-28-25-22-19-16-14-12-11-13-15-18-20-23-26-29-33-38-45(2)3/h5-6,8-9,17,21,27,30,32,34-35,39,45-47,50H,4,7,10-16,18-20,22-26,28-29,31,33,36-38,40-44H2,1-3H3,(H2,53,54,55)/b6-5-,9-8-,21-17-,30-27-,35-32-,39-34-/t46?,47-/m1/s1. The molecule has 10 heteroatoms. The van der Waals surface area contributed by atoms with Crippen LogP contribution in [0.3, 0.4) is 0 Å². The molecule has 0 aromatic rings. The number of allylic oxidation sites excluding steroid dienone is 10. The van der Waals surface area contributed by atoms with Gasteiger partial charge in [0.1, 0.15) is 6.61 Å². The maximum atomic E-state index is 12.4. The average Bonchev–Trinajstić information content (AvgIpc) is 3.19. The zero-order valence-corrected chi connectivity index (χ0v) is 38.3. The van der Waals surface area contributed by atoms with Crippen molar-refractivity contribution in [3.63, 3.8) is 0 Å². The summed E-state index contributed by atoms with van der Waals surface area (Å²) in [6, 6.07) is 0. The predicted octanol–water partition coefficient (Wildman–Crippen LogP) is 13.5. The van der Waals surface area contributed by atoms with Gasteiger partial charge in [-0.25, -0.2) is 4.57 Å². The van der Waals surface area contributed by atoms with Gasteiger partial charge in [-0.2, -0.15) is 0 Å². The molecule has 0 aliphatic heterocycles. The average molecular weight is 849 g/mol. The summed E-state index contributed by atoms with van der Waals surface area (Å²) in [4.78, 5) is 43.0. The fraction of sp³-hybridized carbons (Fsp3) is 0.714. The highest BCUT2D eigenvalue weighted by Crippen LogP contribution is 2.36. The fourth-order valence-corrected chi connectivity index (χ4v) is 6.68. The summed E-state index contributed by atoms with van der Waals surface area (Å²) in [6.07, 6.45) is 50.9. The Morgan fingerprint density at radius 1 is 0.576 bits per heavy atom. The lowest BCUT2D eigenvalue weighted by Crippen LogP contribution is -2.29. The third kappa shape index (κ3) is 46.4. The Kier molecular flexibility index (Phi) is 40.3. The number of aliphatic hydroxyl groups is 1. The second-order valence-corrected chi connectivity index (χ2v) is 17.3. The van der Waals surface area contributed by atoms with Gasteiger partial charge in [0.25, 0.3) is 0 Å². The molecule has 0 spiro atoms. The lowest BCUT2D eigenvalue weighted by Gasteiger charge is -2.18. The van der Waals surface area contributed by atoms with Crippen LogP contribution in [0.15, 0.2) is 72.9 Å². The third-order valence-electron chi connectivity index (χ3n) is 9.76. The minimum absolute atomic E-state index is 0.00373. The number of rotatable bonds is 41. The first-order valence-corrected chi connectivity index (χ1v) is 24.7. The van der Waals surface area contributed by atoms with Crippen LogP contribution in [-0.2, 0) is 28.2 Å². The van der Waals surface area contributed by atoms with Gasteiger partial charge in [0.05, 0.1) is 12.7 Å². The maximum Gasteiger partial charge on any atom is 0.469 e. The molecule has 0 bridgehead atoms. The molecule has 340 valence electrons. The topological polar surface area (TPSA) is 140 Å². The summed E-state index contributed by atoms with van der Waals surface area (Å²) >= 11 is 0. The van der Waals surface area contributed by atoms with Gasteiger partial charge in [0, 0.05) is 12.8 Å². The first kappa shape index (κ1) is 56.5. The van der Waals surface area contributed by atoms with Crippen molar-refractivity contribution in [2.45, 2.75) is 206 Å². The molecular formula is C49H85O9P. The molecule has 0 heterocycles. The van der Waals surface area contributed by atoms with Gasteiger partial charge in [0.2, 0.25) is 0 Å². The van der Waals surface area contributed by atoms with Crippen molar-refractivity contribution in [2.75, 3.05) is 13.2 Å². The van der Waals surface area contributed by atoms with Crippen LogP contribution >= 0.6 is 7.82 Å². The Labute approximate surface area is 360 Å². The van der Waals surface area contributed by atoms with Crippen LogP contribution < -0.4 is 0 Å². The molecule has 59 heavy (non-hydrogen) atoms. The fourth-order valence-electron chi connectivity index (χ4n) is 6.32. The highest BCUT2D eigenvalue weighted by molar-refractivity contribution is 7.46. The monoisotopic (exact) mass is 849 g/mol. The van der Waals surface area contributed by atoms with Crippen LogP contribution in [-0.4, -0.2) is 52.3 Å². The van der Waals surface area contributed by atoms with Crippen molar-refractivity contribution >= 4 is 19.8 Å². The number of esters is 2. The molecule has 0 amide bonds. The number of hydrogen-bond donors (Lipinski definition) is 3. The molecule has 3 N–H and O–H groups in total. The van der Waals surface area contributed by atoms with Gasteiger partial charge < -0.3 is 24.4 Å².